The molecule has 0 heterocycles. The third-order valence-electron chi connectivity index (χ3n) is 3.16. The van der Waals surface area contributed by atoms with Crippen LogP contribution in [0.15, 0.2) is 18.2 Å². The highest BCUT2D eigenvalue weighted by Gasteiger charge is 2.45. The Hall–Kier alpha value is -0.730. The first-order valence-electron chi connectivity index (χ1n) is 6.31. The summed E-state index contributed by atoms with van der Waals surface area (Å²) in [5, 5.41) is 4.17. The van der Waals surface area contributed by atoms with Crippen LogP contribution in [0.2, 0.25) is 5.02 Å². The minimum atomic E-state index is 0.0185. The molecule has 2 rings (SSSR count). The van der Waals surface area contributed by atoms with E-state index in [1.807, 2.05) is 18.2 Å². The van der Waals surface area contributed by atoms with Gasteiger partial charge in [-0.05, 0) is 50.4 Å². The van der Waals surface area contributed by atoms with E-state index in [9.17, 15) is 0 Å². The van der Waals surface area contributed by atoms with Crippen LogP contribution in [0.5, 0.6) is 5.75 Å². The monoisotopic (exact) mass is 253 g/mol. The van der Waals surface area contributed by atoms with Gasteiger partial charge in [-0.3, -0.25) is 0 Å². The summed E-state index contributed by atoms with van der Waals surface area (Å²) >= 11 is 6.00. The van der Waals surface area contributed by atoms with E-state index in [4.69, 9.17) is 16.3 Å². The first-order valence-corrected chi connectivity index (χ1v) is 6.69. The van der Waals surface area contributed by atoms with E-state index >= 15 is 0 Å². The largest absolute Gasteiger partial charge is 0.486 e. The lowest BCUT2D eigenvalue weighted by Crippen LogP contribution is -2.33. The lowest BCUT2D eigenvalue weighted by molar-refractivity contribution is 0.174. The summed E-state index contributed by atoms with van der Waals surface area (Å²) in [4.78, 5) is 0. The maximum atomic E-state index is 6.12. The molecule has 0 aromatic heterocycles. The number of halogens is 1. The molecule has 0 spiro atoms. The van der Waals surface area contributed by atoms with Gasteiger partial charge in [0.1, 0.15) is 11.4 Å². The van der Waals surface area contributed by atoms with E-state index in [0.29, 0.717) is 0 Å². The second kappa shape index (κ2) is 5.28. The third kappa shape index (κ3) is 3.36. The molecule has 0 saturated heterocycles. The summed E-state index contributed by atoms with van der Waals surface area (Å²) in [5.41, 5.74) is 1.17. The molecule has 1 aromatic rings. The highest BCUT2D eigenvalue weighted by Crippen LogP contribution is 2.41. The van der Waals surface area contributed by atoms with Crippen LogP contribution < -0.4 is 10.1 Å². The zero-order chi connectivity index (χ0) is 12.3. The van der Waals surface area contributed by atoms with Crippen molar-refractivity contribution in [3.05, 3.63) is 28.8 Å². The molecule has 0 atom stereocenters. The summed E-state index contributed by atoms with van der Waals surface area (Å²) in [6.07, 6.45) is 3.43. The van der Waals surface area contributed by atoms with E-state index in [0.717, 1.165) is 48.7 Å². The highest BCUT2D eigenvalue weighted by atomic mass is 35.5. The van der Waals surface area contributed by atoms with Crippen LogP contribution in [0.25, 0.3) is 0 Å². The number of hydrogen-bond donors (Lipinski definition) is 1. The van der Waals surface area contributed by atoms with Gasteiger partial charge in [0.2, 0.25) is 0 Å². The first-order chi connectivity index (χ1) is 8.15. The Kier molecular flexibility index (Phi) is 3.95. The molecule has 17 heavy (non-hydrogen) atoms. The van der Waals surface area contributed by atoms with Crippen LogP contribution in [-0.2, 0) is 0 Å². The Labute approximate surface area is 108 Å². The Morgan fingerprint density at radius 2 is 2.18 bits per heavy atom. The molecular weight excluding hydrogens is 234 g/mol. The van der Waals surface area contributed by atoms with Crippen molar-refractivity contribution in [3.63, 3.8) is 0 Å². The molecule has 2 nitrogen and oxygen atoms in total. The highest BCUT2D eigenvalue weighted by molar-refractivity contribution is 6.30. The van der Waals surface area contributed by atoms with Gasteiger partial charge in [-0.1, -0.05) is 24.6 Å². The Morgan fingerprint density at radius 3 is 2.82 bits per heavy atom. The van der Waals surface area contributed by atoms with Gasteiger partial charge in [0, 0.05) is 11.6 Å². The predicted molar refractivity (Wildman–Crippen MR) is 71.9 cm³/mol. The second-order valence-electron chi connectivity index (χ2n) is 4.87. The Balaban J connectivity index is 1.97. The van der Waals surface area contributed by atoms with Gasteiger partial charge in [0.25, 0.3) is 0 Å². The van der Waals surface area contributed by atoms with Crippen molar-refractivity contribution in [1.29, 1.82) is 0 Å². The molecule has 1 fully saturated rings. The van der Waals surface area contributed by atoms with Crippen molar-refractivity contribution in [2.24, 2.45) is 0 Å². The number of aryl methyl sites for hydroxylation is 1. The zero-order valence-electron chi connectivity index (χ0n) is 10.6. The number of nitrogens with one attached hydrogen (secondary N) is 1. The molecule has 1 aliphatic carbocycles. The summed E-state index contributed by atoms with van der Waals surface area (Å²) in [7, 11) is 0. The average molecular weight is 254 g/mol. The molecule has 1 saturated carbocycles. The van der Waals surface area contributed by atoms with Crippen molar-refractivity contribution in [1.82, 2.24) is 5.32 Å². The molecule has 0 bridgehead atoms. The topological polar surface area (TPSA) is 21.3 Å². The van der Waals surface area contributed by atoms with Crippen LogP contribution in [0.3, 0.4) is 0 Å². The van der Waals surface area contributed by atoms with Gasteiger partial charge in [-0.2, -0.15) is 0 Å². The quantitative estimate of drug-likeness (QED) is 0.783. The van der Waals surface area contributed by atoms with Crippen molar-refractivity contribution >= 4 is 11.6 Å². The molecule has 0 aliphatic heterocycles. The molecule has 0 unspecified atom stereocenters. The van der Waals surface area contributed by atoms with E-state index in [-0.39, 0.29) is 5.60 Å². The van der Waals surface area contributed by atoms with Crippen molar-refractivity contribution in [2.45, 2.75) is 38.7 Å². The molecule has 1 N–H and O–H groups in total. The summed E-state index contributed by atoms with van der Waals surface area (Å²) in [6, 6.07) is 5.82. The predicted octanol–water partition coefficient (Wildman–Crippen LogP) is 3.56. The van der Waals surface area contributed by atoms with Gasteiger partial charge in [0.05, 0.1) is 0 Å². The van der Waals surface area contributed by atoms with E-state index in [1.165, 1.54) is 0 Å². The fraction of sp³-hybridized carbons (Fsp3) is 0.571. The van der Waals surface area contributed by atoms with Gasteiger partial charge < -0.3 is 10.1 Å². The van der Waals surface area contributed by atoms with Crippen molar-refractivity contribution in [2.75, 3.05) is 13.1 Å². The van der Waals surface area contributed by atoms with Crippen LogP contribution in [0.4, 0.5) is 0 Å². The van der Waals surface area contributed by atoms with Crippen LogP contribution in [0.1, 0.15) is 31.7 Å². The molecule has 3 heteroatoms. The first kappa shape index (κ1) is 12.7. The zero-order valence-corrected chi connectivity index (χ0v) is 11.3. The molecule has 0 radical (unpaired) electrons. The van der Waals surface area contributed by atoms with E-state index < -0.39 is 0 Å². The van der Waals surface area contributed by atoms with Gasteiger partial charge in [-0.15, -0.1) is 0 Å². The molecule has 1 aromatic carbocycles. The summed E-state index contributed by atoms with van der Waals surface area (Å²) in [5.74, 6) is 0.924. The SMILES string of the molecule is CCCNCC1(Oc2cc(Cl)ccc2C)CC1. The molecule has 1 aliphatic rings. The normalized spacial score (nSPS) is 16.9. The molecular formula is C14H20ClNO. The lowest BCUT2D eigenvalue weighted by atomic mass is 10.2. The maximum absolute atomic E-state index is 6.12. The van der Waals surface area contributed by atoms with E-state index in [2.05, 4.69) is 19.2 Å². The van der Waals surface area contributed by atoms with Crippen LogP contribution in [-0.4, -0.2) is 18.7 Å². The molecule has 94 valence electrons. The fourth-order valence-electron chi connectivity index (χ4n) is 1.86. The third-order valence-corrected chi connectivity index (χ3v) is 3.39. The van der Waals surface area contributed by atoms with Crippen LogP contribution in [0, 0.1) is 6.92 Å². The smallest absolute Gasteiger partial charge is 0.124 e. The Morgan fingerprint density at radius 1 is 1.41 bits per heavy atom. The van der Waals surface area contributed by atoms with Gasteiger partial charge in [-0.25, -0.2) is 0 Å². The van der Waals surface area contributed by atoms with E-state index in [1.54, 1.807) is 0 Å². The lowest BCUT2D eigenvalue weighted by Gasteiger charge is -2.20. The minimum absolute atomic E-state index is 0.0185. The second-order valence-corrected chi connectivity index (χ2v) is 5.31. The fourth-order valence-corrected chi connectivity index (χ4v) is 2.03. The Bertz CT molecular complexity index is 388. The summed E-state index contributed by atoms with van der Waals surface area (Å²) in [6.45, 7) is 6.22. The minimum Gasteiger partial charge on any atom is -0.486 e. The number of rotatable bonds is 6. The van der Waals surface area contributed by atoms with Gasteiger partial charge >= 0.3 is 0 Å². The number of hydrogen-bond acceptors (Lipinski definition) is 2. The number of ether oxygens (including phenoxy) is 1. The standard InChI is InChI=1S/C14H20ClNO/c1-3-8-16-10-14(6-7-14)17-13-9-12(15)5-4-11(13)2/h4-5,9,16H,3,6-8,10H2,1-2H3. The summed E-state index contributed by atoms with van der Waals surface area (Å²) < 4.78 is 6.12. The van der Waals surface area contributed by atoms with Crippen LogP contribution >= 0.6 is 11.6 Å². The van der Waals surface area contributed by atoms with Crippen molar-refractivity contribution in [3.8, 4) is 5.75 Å². The average Bonchev–Trinajstić information content (AvgIpc) is 3.04. The molecule has 0 amide bonds. The van der Waals surface area contributed by atoms with Gasteiger partial charge in [0.15, 0.2) is 0 Å². The maximum Gasteiger partial charge on any atom is 0.124 e. The van der Waals surface area contributed by atoms with Crippen molar-refractivity contribution < 1.29 is 4.74 Å². The number of benzene rings is 1.